The summed E-state index contributed by atoms with van der Waals surface area (Å²) in [6.45, 7) is 5.91. The van der Waals surface area contributed by atoms with Crippen molar-refractivity contribution in [3.8, 4) is 10.6 Å². The summed E-state index contributed by atoms with van der Waals surface area (Å²) < 4.78 is 0.953. The van der Waals surface area contributed by atoms with Gasteiger partial charge in [-0.05, 0) is 12.1 Å². The number of thiazole rings is 1. The van der Waals surface area contributed by atoms with Gasteiger partial charge in [0.1, 0.15) is 9.88 Å². The normalized spacial score (nSPS) is 11.6. The summed E-state index contributed by atoms with van der Waals surface area (Å²) in [5, 5.41) is 10.0. The van der Waals surface area contributed by atoms with Gasteiger partial charge in [0, 0.05) is 15.5 Å². The van der Waals surface area contributed by atoms with E-state index in [1.165, 1.54) is 11.3 Å². The predicted octanol–water partition coefficient (Wildman–Crippen LogP) is 4.57. The van der Waals surface area contributed by atoms with Crippen LogP contribution in [0.5, 0.6) is 0 Å². The number of nitrogens with zero attached hydrogens (tertiary/aromatic N) is 1. The molecular weight excluding hydrogens is 326 g/mol. The predicted molar refractivity (Wildman–Crippen MR) is 80.9 cm³/mol. The first-order valence-corrected chi connectivity index (χ1v) is 7.40. The molecule has 0 spiro atoms. The van der Waals surface area contributed by atoms with Gasteiger partial charge in [0.05, 0.1) is 5.69 Å². The second-order valence-electron chi connectivity index (χ2n) is 5.26. The molecule has 2 aromatic rings. The molecule has 1 aromatic carbocycles. The van der Waals surface area contributed by atoms with Gasteiger partial charge in [-0.3, -0.25) is 0 Å². The highest BCUT2D eigenvalue weighted by Gasteiger charge is 2.27. The number of carbonyl (C=O) groups is 1. The largest absolute Gasteiger partial charge is 0.477 e. The van der Waals surface area contributed by atoms with E-state index in [1.807, 2.05) is 45.0 Å². The summed E-state index contributed by atoms with van der Waals surface area (Å²) in [4.78, 5) is 16.2. The Bertz CT molecular complexity index is 629. The maximum absolute atomic E-state index is 11.3. The quantitative estimate of drug-likeness (QED) is 0.871. The van der Waals surface area contributed by atoms with Crippen LogP contribution in [0.2, 0.25) is 0 Å². The van der Waals surface area contributed by atoms with Gasteiger partial charge in [-0.2, -0.15) is 0 Å². The molecule has 2 rings (SSSR count). The average molecular weight is 340 g/mol. The second-order valence-corrected chi connectivity index (χ2v) is 7.18. The SMILES string of the molecule is CC(C)(C)c1nc(-c2cccc(Br)c2)sc1C(=O)O. The zero-order valence-electron chi connectivity index (χ0n) is 10.9. The molecular formula is C14H14BrNO2S. The van der Waals surface area contributed by atoms with Gasteiger partial charge in [-0.1, -0.05) is 48.8 Å². The summed E-state index contributed by atoms with van der Waals surface area (Å²) in [6.07, 6.45) is 0. The van der Waals surface area contributed by atoms with Crippen LogP contribution in [0.15, 0.2) is 28.7 Å². The molecule has 0 radical (unpaired) electrons. The summed E-state index contributed by atoms with van der Waals surface area (Å²) in [7, 11) is 0. The van der Waals surface area contributed by atoms with Gasteiger partial charge in [0.25, 0.3) is 0 Å². The Balaban J connectivity index is 2.58. The van der Waals surface area contributed by atoms with Crippen LogP contribution >= 0.6 is 27.3 Å². The fourth-order valence-electron chi connectivity index (χ4n) is 1.72. The molecule has 3 nitrogen and oxygen atoms in total. The molecule has 100 valence electrons. The molecule has 19 heavy (non-hydrogen) atoms. The van der Waals surface area contributed by atoms with Crippen molar-refractivity contribution >= 4 is 33.2 Å². The third kappa shape index (κ3) is 3.04. The molecule has 1 N–H and O–H groups in total. The first-order chi connectivity index (χ1) is 8.79. The van der Waals surface area contributed by atoms with Crippen LogP contribution in [-0.4, -0.2) is 16.1 Å². The van der Waals surface area contributed by atoms with Crippen molar-refractivity contribution in [1.82, 2.24) is 4.98 Å². The van der Waals surface area contributed by atoms with Crippen LogP contribution in [-0.2, 0) is 5.41 Å². The van der Waals surface area contributed by atoms with Crippen LogP contribution in [0.25, 0.3) is 10.6 Å². The number of benzene rings is 1. The fourth-order valence-corrected chi connectivity index (χ4v) is 3.23. The third-order valence-electron chi connectivity index (χ3n) is 2.60. The van der Waals surface area contributed by atoms with Crippen LogP contribution in [0, 0.1) is 0 Å². The molecule has 0 saturated heterocycles. The van der Waals surface area contributed by atoms with E-state index in [1.54, 1.807) is 0 Å². The van der Waals surface area contributed by atoms with Gasteiger partial charge < -0.3 is 5.11 Å². The lowest BCUT2D eigenvalue weighted by Gasteiger charge is -2.16. The number of hydrogen-bond acceptors (Lipinski definition) is 3. The van der Waals surface area contributed by atoms with Crippen molar-refractivity contribution in [3.05, 3.63) is 39.3 Å². The minimum absolute atomic E-state index is 0.283. The molecule has 0 aliphatic carbocycles. The summed E-state index contributed by atoms with van der Waals surface area (Å²) in [5.41, 5.74) is 1.28. The topological polar surface area (TPSA) is 50.2 Å². The molecule has 0 atom stereocenters. The van der Waals surface area contributed by atoms with E-state index in [9.17, 15) is 9.90 Å². The minimum Gasteiger partial charge on any atom is -0.477 e. The average Bonchev–Trinajstić information content (AvgIpc) is 2.73. The van der Waals surface area contributed by atoms with Crippen molar-refractivity contribution in [3.63, 3.8) is 0 Å². The lowest BCUT2D eigenvalue weighted by molar-refractivity contribution is 0.0699. The molecule has 0 amide bonds. The maximum atomic E-state index is 11.3. The molecule has 5 heteroatoms. The van der Waals surface area contributed by atoms with Gasteiger partial charge in [0.2, 0.25) is 0 Å². The smallest absolute Gasteiger partial charge is 0.347 e. The molecule has 0 fully saturated rings. The van der Waals surface area contributed by atoms with E-state index in [2.05, 4.69) is 20.9 Å². The Morgan fingerprint density at radius 3 is 2.53 bits per heavy atom. The Morgan fingerprint density at radius 2 is 2.05 bits per heavy atom. The monoisotopic (exact) mass is 339 g/mol. The minimum atomic E-state index is -0.913. The van der Waals surface area contributed by atoms with E-state index >= 15 is 0 Å². The van der Waals surface area contributed by atoms with Gasteiger partial charge in [-0.15, -0.1) is 11.3 Å². The van der Waals surface area contributed by atoms with Crippen LogP contribution in [0.3, 0.4) is 0 Å². The Morgan fingerprint density at radius 1 is 1.37 bits per heavy atom. The van der Waals surface area contributed by atoms with Crippen LogP contribution in [0.4, 0.5) is 0 Å². The number of aromatic carboxylic acids is 1. The van der Waals surface area contributed by atoms with Crippen molar-refractivity contribution in [2.45, 2.75) is 26.2 Å². The van der Waals surface area contributed by atoms with E-state index in [0.717, 1.165) is 15.0 Å². The van der Waals surface area contributed by atoms with E-state index in [4.69, 9.17) is 0 Å². The van der Waals surface area contributed by atoms with Crippen LogP contribution in [0.1, 0.15) is 36.1 Å². The molecule has 0 unspecified atom stereocenters. The number of carboxylic acid groups (broad SMARTS) is 1. The van der Waals surface area contributed by atoms with Gasteiger partial charge in [-0.25, -0.2) is 9.78 Å². The molecule has 0 aliphatic rings. The zero-order valence-corrected chi connectivity index (χ0v) is 13.3. The van der Waals surface area contributed by atoms with Crippen molar-refractivity contribution in [2.24, 2.45) is 0 Å². The number of halogens is 1. The molecule has 1 aromatic heterocycles. The van der Waals surface area contributed by atoms with Crippen molar-refractivity contribution < 1.29 is 9.90 Å². The second kappa shape index (κ2) is 5.06. The summed E-state index contributed by atoms with van der Waals surface area (Å²) in [6, 6.07) is 7.72. The highest BCUT2D eigenvalue weighted by Crippen LogP contribution is 2.35. The van der Waals surface area contributed by atoms with Gasteiger partial charge >= 0.3 is 5.97 Å². The molecule has 1 heterocycles. The number of hydrogen-bond donors (Lipinski definition) is 1. The highest BCUT2D eigenvalue weighted by molar-refractivity contribution is 9.10. The lowest BCUT2D eigenvalue weighted by atomic mass is 9.91. The molecule has 0 bridgehead atoms. The Kier molecular flexibility index (Phi) is 3.78. The van der Waals surface area contributed by atoms with E-state index in [0.29, 0.717) is 10.6 Å². The zero-order chi connectivity index (χ0) is 14.2. The summed E-state index contributed by atoms with van der Waals surface area (Å²) in [5.74, 6) is -0.913. The Labute approximate surface area is 124 Å². The number of carboxylic acids is 1. The van der Waals surface area contributed by atoms with Crippen molar-refractivity contribution in [2.75, 3.05) is 0 Å². The summed E-state index contributed by atoms with van der Waals surface area (Å²) >= 11 is 4.64. The molecule has 0 aliphatic heterocycles. The van der Waals surface area contributed by atoms with Crippen LogP contribution < -0.4 is 0 Å². The number of aromatic nitrogens is 1. The first kappa shape index (κ1) is 14.2. The first-order valence-electron chi connectivity index (χ1n) is 5.79. The van der Waals surface area contributed by atoms with E-state index in [-0.39, 0.29) is 5.41 Å². The molecule has 0 saturated carbocycles. The fraction of sp³-hybridized carbons (Fsp3) is 0.286. The third-order valence-corrected chi connectivity index (χ3v) is 4.19. The van der Waals surface area contributed by atoms with Crippen molar-refractivity contribution in [1.29, 1.82) is 0 Å². The van der Waals surface area contributed by atoms with Gasteiger partial charge in [0.15, 0.2) is 0 Å². The Hall–Kier alpha value is -1.20. The maximum Gasteiger partial charge on any atom is 0.347 e. The van der Waals surface area contributed by atoms with E-state index < -0.39 is 5.97 Å². The standard InChI is InChI=1S/C14H14BrNO2S/c1-14(2,3)11-10(13(17)18)19-12(16-11)8-5-4-6-9(15)7-8/h4-7H,1-3H3,(H,17,18). The number of rotatable bonds is 2. The highest BCUT2D eigenvalue weighted by atomic mass is 79.9. The lowest BCUT2D eigenvalue weighted by Crippen LogP contribution is -2.16.